The van der Waals surface area contributed by atoms with E-state index < -0.39 is 6.85 Å². The molecule has 9 aromatic rings. The molecule has 9 rings (SSSR count). The Hall–Kier alpha value is -5.67. The van der Waals surface area contributed by atoms with Gasteiger partial charge in [0.15, 0.2) is 0 Å². The number of rotatable bonds is 5. The molecule has 3 heteroatoms. The van der Waals surface area contributed by atoms with Crippen molar-refractivity contribution in [3.8, 4) is 28.2 Å². The van der Waals surface area contributed by atoms with Gasteiger partial charge < -0.3 is 4.42 Å². The van der Waals surface area contributed by atoms with Crippen LogP contribution < -0.4 is 0 Å². The molecule has 0 amide bonds. The zero-order chi connectivity index (χ0) is 35.9. The third kappa shape index (κ3) is 4.60. The van der Waals surface area contributed by atoms with Gasteiger partial charge in [0.1, 0.15) is 17.0 Å². The molecule has 0 radical (unpaired) electrons. The van der Waals surface area contributed by atoms with Crippen molar-refractivity contribution < 1.29 is 8.53 Å². The number of hydrogen-bond donors (Lipinski definition) is 0. The van der Waals surface area contributed by atoms with Crippen molar-refractivity contribution >= 4 is 54.5 Å². The fourth-order valence-corrected chi connectivity index (χ4v) is 7.63. The number of hydrogen-bond acceptors (Lipinski definition) is 2. The van der Waals surface area contributed by atoms with Gasteiger partial charge in [0, 0.05) is 20.3 Å². The second-order valence-electron chi connectivity index (χ2n) is 13.8. The van der Waals surface area contributed by atoms with Crippen LogP contribution in [-0.4, -0.2) is 9.55 Å². The third-order valence-corrected chi connectivity index (χ3v) is 10.0. The van der Waals surface area contributed by atoms with E-state index in [-0.39, 0.29) is 11.8 Å². The fourth-order valence-electron chi connectivity index (χ4n) is 7.63. The van der Waals surface area contributed by atoms with E-state index in [1.165, 1.54) is 27.9 Å². The van der Waals surface area contributed by atoms with Gasteiger partial charge in [0.2, 0.25) is 0 Å². The molecule has 0 atom stereocenters. The Morgan fingerprint density at radius 1 is 0.612 bits per heavy atom. The first-order chi connectivity index (χ1) is 25.1. The molecule has 2 aromatic heterocycles. The van der Waals surface area contributed by atoms with Gasteiger partial charge in [0.25, 0.3) is 0 Å². The van der Waals surface area contributed by atoms with Crippen LogP contribution >= 0.6 is 0 Å². The quantitative estimate of drug-likeness (QED) is 0.176. The zero-order valence-corrected chi connectivity index (χ0v) is 28.1. The standard InChI is InChI=1S/C46H38N2O/c1-27(2)38-25-33(30-12-7-6-8-13-30)26-39(28(3)4)43(38)48-41-17-10-9-16-40(41)47-46(48)37-15-11-14-35-36-23-21-31-19-20-32-24-29(5)18-22-34(32)42(31)45(36)49-44(35)37/h6-28H,1-5H3/i5D3. The maximum Gasteiger partial charge on any atom is 0.149 e. The molecule has 0 spiro atoms. The summed E-state index contributed by atoms with van der Waals surface area (Å²) < 4.78 is 33.3. The monoisotopic (exact) mass is 637 g/mol. The molecular weight excluding hydrogens is 597 g/mol. The van der Waals surface area contributed by atoms with Gasteiger partial charge in [-0.3, -0.25) is 4.57 Å². The van der Waals surface area contributed by atoms with Crippen LogP contribution in [0.1, 0.15) is 60.3 Å². The van der Waals surface area contributed by atoms with E-state index in [1.807, 2.05) is 24.3 Å². The summed E-state index contributed by atoms with van der Waals surface area (Å²) in [7, 11) is 0. The molecule has 0 aliphatic carbocycles. The van der Waals surface area contributed by atoms with Crippen molar-refractivity contribution in [2.45, 2.75) is 46.4 Å². The average molecular weight is 638 g/mol. The van der Waals surface area contributed by atoms with Crippen molar-refractivity contribution in [2.24, 2.45) is 0 Å². The average Bonchev–Trinajstić information content (AvgIpc) is 3.72. The summed E-state index contributed by atoms with van der Waals surface area (Å²) in [5.74, 6) is 1.33. The van der Waals surface area contributed by atoms with E-state index in [0.717, 1.165) is 65.9 Å². The highest BCUT2D eigenvalue weighted by atomic mass is 16.3. The van der Waals surface area contributed by atoms with E-state index in [4.69, 9.17) is 13.5 Å². The molecule has 0 N–H and O–H groups in total. The third-order valence-electron chi connectivity index (χ3n) is 10.0. The molecule has 0 saturated carbocycles. The minimum Gasteiger partial charge on any atom is -0.455 e. The highest BCUT2D eigenvalue weighted by Gasteiger charge is 2.25. The summed E-state index contributed by atoms with van der Waals surface area (Å²) >= 11 is 0. The van der Waals surface area contributed by atoms with Gasteiger partial charge in [-0.1, -0.05) is 124 Å². The van der Waals surface area contributed by atoms with Gasteiger partial charge in [-0.05, 0) is 93.5 Å². The lowest BCUT2D eigenvalue weighted by Gasteiger charge is -2.24. The van der Waals surface area contributed by atoms with E-state index >= 15 is 0 Å². The Labute approximate surface area is 290 Å². The van der Waals surface area contributed by atoms with Gasteiger partial charge in [-0.2, -0.15) is 0 Å². The number of benzene rings is 7. The molecule has 0 aliphatic rings. The number of furan rings is 1. The predicted molar refractivity (Wildman–Crippen MR) is 207 cm³/mol. The van der Waals surface area contributed by atoms with Crippen LogP contribution in [-0.2, 0) is 0 Å². The van der Waals surface area contributed by atoms with Crippen molar-refractivity contribution in [1.29, 1.82) is 0 Å². The lowest BCUT2D eigenvalue weighted by Crippen LogP contribution is -2.09. The molecule has 0 fully saturated rings. The Kier molecular flexibility index (Phi) is 6.01. The van der Waals surface area contributed by atoms with Crippen LogP contribution in [0.15, 0.2) is 132 Å². The number of fused-ring (bicyclic) bond motifs is 8. The largest absolute Gasteiger partial charge is 0.455 e. The van der Waals surface area contributed by atoms with Gasteiger partial charge >= 0.3 is 0 Å². The Morgan fingerprint density at radius 3 is 2.08 bits per heavy atom. The molecule has 0 aliphatic heterocycles. The number of aryl methyl sites for hydroxylation is 1. The topological polar surface area (TPSA) is 31.0 Å². The van der Waals surface area contributed by atoms with E-state index in [2.05, 4.69) is 123 Å². The van der Waals surface area contributed by atoms with Crippen molar-refractivity contribution in [2.75, 3.05) is 0 Å². The summed E-state index contributed by atoms with van der Waals surface area (Å²) in [6.07, 6.45) is 0. The van der Waals surface area contributed by atoms with Crippen molar-refractivity contribution in [1.82, 2.24) is 9.55 Å². The molecule has 2 heterocycles. The van der Waals surface area contributed by atoms with E-state index in [9.17, 15) is 0 Å². The molecule has 238 valence electrons. The van der Waals surface area contributed by atoms with Gasteiger partial charge in [0.05, 0.1) is 22.3 Å². The van der Waals surface area contributed by atoms with E-state index in [0.29, 0.717) is 5.56 Å². The molecule has 49 heavy (non-hydrogen) atoms. The fraction of sp³-hybridized carbons (Fsp3) is 0.152. The summed E-state index contributed by atoms with van der Waals surface area (Å²) in [4.78, 5) is 5.36. The second-order valence-corrected chi connectivity index (χ2v) is 13.8. The van der Waals surface area contributed by atoms with Crippen LogP contribution in [0.5, 0.6) is 0 Å². The molecule has 0 saturated heterocycles. The van der Waals surface area contributed by atoms with Crippen molar-refractivity contribution in [3.63, 3.8) is 0 Å². The van der Waals surface area contributed by atoms with Crippen LogP contribution in [0.2, 0.25) is 0 Å². The second kappa shape index (κ2) is 11.2. The van der Waals surface area contributed by atoms with Crippen LogP contribution in [0.4, 0.5) is 0 Å². The van der Waals surface area contributed by atoms with Gasteiger partial charge in [-0.25, -0.2) is 4.98 Å². The minimum absolute atomic E-state index is 0.248. The minimum atomic E-state index is -2.18. The lowest BCUT2D eigenvalue weighted by atomic mass is 9.88. The summed E-state index contributed by atoms with van der Waals surface area (Å²) in [5, 5.41) is 5.87. The van der Waals surface area contributed by atoms with Gasteiger partial charge in [-0.15, -0.1) is 0 Å². The first-order valence-electron chi connectivity index (χ1n) is 18.6. The Bertz CT molecular complexity index is 2810. The highest BCUT2D eigenvalue weighted by molar-refractivity contribution is 6.24. The molecule has 7 aromatic carbocycles. The molecule has 3 nitrogen and oxygen atoms in total. The zero-order valence-electron chi connectivity index (χ0n) is 31.1. The summed E-state index contributed by atoms with van der Waals surface area (Å²) in [6.45, 7) is 6.90. The van der Waals surface area contributed by atoms with Crippen molar-refractivity contribution in [3.05, 3.63) is 144 Å². The highest BCUT2D eigenvalue weighted by Crippen LogP contribution is 2.44. The first kappa shape index (κ1) is 26.3. The first-order valence-corrected chi connectivity index (χ1v) is 17.1. The van der Waals surface area contributed by atoms with Crippen LogP contribution in [0, 0.1) is 6.85 Å². The maximum atomic E-state index is 7.97. The van der Waals surface area contributed by atoms with E-state index in [1.54, 1.807) is 12.1 Å². The number of nitrogens with zero attached hydrogens (tertiary/aromatic N) is 2. The number of para-hydroxylation sites is 3. The van der Waals surface area contributed by atoms with Crippen LogP contribution in [0.25, 0.3) is 82.7 Å². The lowest BCUT2D eigenvalue weighted by molar-refractivity contribution is 0.673. The smallest absolute Gasteiger partial charge is 0.149 e. The number of aromatic nitrogens is 2. The Balaban J connectivity index is 1.35. The SMILES string of the molecule is [2H]C([2H])([2H])c1ccc2c(ccc3ccc4c5cccc(-c6nc7ccccc7n6-c6c(C(C)C)cc(-c7ccccc7)cc6C(C)C)c5oc4c32)c1. The Morgan fingerprint density at radius 2 is 1.31 bits per heavy atom. The summed E-state index contributed by atoms with van der Waals surface area (Å²) in [6, 6.07) is 43.8. The molecular formula is C46H38N2O. The molecule has 0 unspecified atom stereocenters. The normalized spacial score (nSPS) is 13.3. The molecule has 0 bridgehead atoms. The maximum absolute atomic E-state index is 7.97. The van der Waals surface area contributed by atoms with Crippen LogP contribution in [0.3, 0.4) is 0 Å². The summed E-state index contributed by atoms with van der Waals surface area (Å²) in [5.41, 5.74) is 10.9. The number of imidazole rings is 1. The predicted octanol–water partition coefficient (Wildman–Crippen LogP) is 13.1.